The van der Waals surface area contributed by atoms with E-state index in [1.807, 2.05) is 58.0 Å². The van der Waals surface area contributed by atoms with Gasteiger partial charge in [-0.2, -0.15) is 0 Å². The van der Waals surface area contributed by atoms with Gasteiger partial charge in [0, 0.05) is 17.4 Å². The van der Waals surface area contributed by atoms with Gasteiger partial charge >= 0.3 is 7.87 Å². The highest BCUT2D eigenvalue weighted by Crippen LogP contribution is 2.18. The summed E-state index contributed by atoms with van der Waals surface area (Å²) in [4.78, 5) is 0. The molecule has 0 N–H and O–H groups in total. The first kappa shape index (κ1) is 13.7. The van der Waals surface area contributed by atoms with Crippen LogP contribution in [-0.4, -0.2) is 20.1 Å². The number of halogens is 1. The standard InChI is InChI=1S/C12H19ClO2Si/c1-10(2)14-16(13,15-11(3)4)12-8-6-5-7-9-12/h5-11H,1-4H3. The molecule has 0 bridgehead atoms. The summed E-state index contributed by atoms with van der Waals surface area (Å²) < 4.78 is 11.6. The second kappa shape index (κ2) is 5.82. The van der Waals surface area contributed by atoms with Crippen molar-refractivity contribution in [3.63, 3.8) is 0 Å². The van der Waals surface area contributed by atoms with Gasteiger partial charge < -0.3 is 8.85 Å². The van der Waals surface area contributed by atoms with E-state index in [2.05, 4.69) is 0 Å². The second-order valence-electron chi connectivity index (χ2n) is 4.24. The predicted molar refractivity (Wildman–Crippen MR) is 70.1 cm³/mol. The lowest BCUT2D eigenvalue weighted by Gasteiger charge is -2.28. The lowest BCUT2D eigenvalue weighted by atomic mass is 10.4. The first-order valence-electron chi connectivity index (χ1n) is 5.54. The molecule has 0 heterocycles. The molecule has 1 aromatic rings. The number of rotatable bonds is 5. The zero-order chi connectivity index (χ0) is 12.2. The van der Waals surface area contributed by atoms with Gasteiger partial charge in [-0.15, -0.1) is 0 Å². The van der Waals surface area contributed by atoms with E-state index in [1.165, 1.54) is 0 Å². The van der Waals surface area contributed by atoms with Crippen molar-refractivity contribution in [3.8, 4) is 0 Å². The molecule has 0 unspecified atom stereocenters. The Morgan fingerprint density at radius 2 is 1.38 bits per heavy atom. The van der Waals surface area contributed by atoms with E-state index in [-0.39, 0.29) is 12.2 Å². The Morgan fingerprint density at radius 1 is 0.938 bits per heavy atom. The molecule has 0 spiro atoms. The van der Waals surface area contributed by atoms with Crippen LogP contribution in [0.5, 0.6) is 0 Å². The molecule has 1 rings (SSSR count). The smallest absolute Gasteiger partial charge is 0.377 e. The average molecular weight is 259 g/mol. The Kier molecular flexibility index (Phi) is 4.99. The van der Waals surface area contributed by atoms with Gasteiger partial charge in [0.2, 0.25) is 0 Å². The maximum Gasteiger partial charge on any atom is 0.478 e. The van der Waals surface area contributed by atoms with Crippen molar-refractivity contribution >= 4 is 24.1 Å². The molecule has 90 valence electrons. The van der Waals surface area contributed by atoms with Crippen molar-refractivity contribution in [3.05, 3.63) is 30.3 Å². The number of hydrogen-bond acceptors (Lipinski definition) is 2. The van der Waals surface area contributed by atoms with Gasteiger partial charge in [0.15, 0.2) is 0 Å². The van der Waals surface area contributed by atoms with Crippen molar-refractivity contribution < 1.29 is 8.85 Å². The van der Waals surface area contributed by atoms with Gasteiger partial charge in [-0.05, 0) is 27.7 Å². The summed E-state index contributed by atoms with van der Waals surface area (Å²) in [5.41, 5.74) is 0. The zero-order valence-corrected chi connectivity index (χ0v) is 12.0. The van der Waals surface area contributed by atoms with Crippen LogP contribution in [0.15, 0.2) is 30.3 Å². The molecular weight excluding hydrogens is 240 g/mol. The van der Waals surface area contributed by atoms with Crippen molar-refractivity contribution in [1.82, 2.24) is 0 Å². The van der Waals surface area contributed by atoms with E-state index in [1.54, 1.807) is 0 Å². The van der Waals surface area contributed by atoms with Crippen molar-refractivity contribution in [2.24, 2.45) is 0 Å². The van der Waals surface area contributed by atoms with Crippen LogP contribution in [0.25, 0.3) is 0 Å². The molecule has 0 aromatic heterocycles. The van der Waals surface area contributed by atoms with Crippen LogP contribution in [0.2, 0.25) is 0 Å². The fourth-order valence-corrected chi connectivity index (χ4v) is 4.99. The minimum atomic E-state index is -2.78. The zero-order valence-electron chi connectivity index (χ0n) is 10.2. The van der Waals surface area contributed by atoms with Crippen LogP contribution < -0.4 is 5.19 Å². The van der Waals surface area contributed by atoms with Gasteiger partial charge in [0.1, 0.15) is 0 Å². The van der Waals surface area contributed by atoms with Crippen LogP contribution >= 0.6 is 11.1 Å². The molecule has 2 nitrogen and oxygen atoms in total. The lowest BCUT2D eigenvalue weighted by Crippen LogP contribution is -2.51. The maximum absolute atomic E-state index is 6.55. The Hall–Kier alpha value is -0.353. The quantitative estimate of drug-likeness (QED) is 0.597. The average Bonchev–Trinajstić information content (AvgIpc) is 2.16. The third kappa shape index (κ3) is 3.90. The van der Waals surface area contributed by atoms with Crippen LogP contribution in [-0.2, 0) is 8.85 Å². The summed E-state index contributed by atoms with van der Waals surface area (Å²) >= 11 is 6.55. The van der Waals surface area contributed by atoms with Crippen LogP contribution in [0.4, 0.5) is 0 Å². The molecule has 1 aromatic carbocycles. The summed E-state index contributed by atoms with van der Waals surface area (Å²) in [5, 5.41) is 0.957. The first-order valence-corrected chi connectivity index (χ1v) is 8.37. The van der Waals surface area contributed by atoms with Gasteiger partial charge in [0.05, 0.1) is 0 Å². The molecule has 0 fully saturated rings. The summed E-state index contributed by atoms with van der Waals surface area (Å²) in [6, 6.07) is 9.79. The molecule has 0 atom stereocenters. The minimum Gasteiger partial charge on any atom is -0.377 e. The summed E-state index contributed by atoms with van der Waals surface area (Å²) in [5.74, 6) is 0. The highest BCUT2D eigenvalue weighted by Gasteiger charge is 2.40. The third-order valence-corrected chi connectivity index (χ3v) is 5.65. The van der Waals surface area contributed by atoms with Crippen molar-refractivity contribution in [2.75, 3.05) is 0 Å². The molecule has 0 aliphatic heterocycles. The van der Waals surface area contributed by atoms with Crippen molar-refractivity contribution in [2.45, 2.75) is 39.9 Å². The third-order valence-electron chi connectivity index (χ3n) is 1.89. The molecular formula is C12H19ClO2Si. The fraction of sp³-hybridized carbons (Fsp3) is 0.500. The van der Waals surface area contributed by atoms with E-state index in [0.717, 1.165) is 5.19 Å². The molecule has 0 saturated heterocycles. The largest absolute Gasteiger partial charge is 0.478 e. The van der Waals surface area contributed by atoms with Crippen LogP contribution in [0, 0.1) is 0 Å². The number of hydrogen-bond donors (Lipinski definition) is 0. The normalized spacial score (nSPS) is 12.4. The second-order valence-corrected chi connectivity index (χ2v) is 7.85. The molecule has 4 heteroatoms. The Balaban J connectivity index is 2.95. The SMILES string of the molecule is CC(C)O[Si](Cl)(OC(C)C)c1ccccc1. The summed E-state index contributed by atoms with van der Waals surface area (Å²) in [6.07, 6.45) is 0.117. The van der Waals surface area contributed by atoms with E-state index in [9.17, 15) is 0 Å². The molecule has 0 aliphatic rings. The summed E-state index contributed by atoms with van der Waals surface area (Å²) in [7, 11) is -2.78. The van der Waals surface area contributed by atoms with Gasteiger partial charge in [-0.3, -0.25) is 0 Å². The highest BCUT2D eigenvalue weighted by molar-refractivity contribution is 7.20. The van der Waals surface area contributed by atoms with Crippen molar-refractivity contribution in [1.29, 1.82) is 0 Å². The molecule has 0 amide bonds. The Bertz CT molecular complexity index is 304. The van der Waals surface area contributed by atoms with Crippen LogP contribution in [0.3, 0.4) is 0 Å². The van der Waals surface area contributed by atoms with Gasteiger partial charge in [-0.1, -0.05) is 41.4 Å². The van der Waals surface area contributed by atoms with E-state index in [0.29, 0.717) is 0 Å². The number of benzene rings is 1. The summed E-state index contributed by atoms with van der Waals surface area (Å²) in [6.45, 7) is 7.88. The molecule has 0 radical (unpaired) electrons. The molecule has 0 aliphatic carbocycles. The first-order chi connectivity index (χ1) is 7.44. The predicted octanol–water partition coefficient (Wildman–Crippen LogP) is 2.92. The van der Waals surface area contributed by atoms with Gasteiger partial charge in [-0.25, -0.2) is 0 Å². The fourth-order valence-electron chi connectivity index (χ4n) is 1.41. The van der Waals surface area contributed by atoms with Gasteiger partial charge in [0.25, 0.3) is 0 Å². The van der Waals surface area contributed by atoms with Crippen LogP contribution in [0.1, 0.15) is 27.7 Å². The van der Waals surface area contributed by atoms with E-state index >= 15 is 0 Å². The maximum atomic E-state index is 6.55. The molecule has 16 heavy (non-hydrogen) atoms. The monoisotopic (exact) mass is 258 g/mol. The minimum absolute atomic E-state index is 0.0584. The highest BCUT2D eigenvalue weighted by atomic mass is 35.6. The van der Waals surface area contributed by atoms with E-state index in [4.69, 9.17) is 19.9 Å². The topological polar surface area (TPSA) is 18.5 Å². The Morgan fingerprint density at radius 3 is 1.75 bits per heavy atom. The molecule has 0 saturated carbocycles. The lowest BCUT2D eigenvalue weighted by molar-refractivity contribution is 0.131. The van der Waals surface area contributed by atoms with E-state index < -0.39 is 7.87 Å². The Labute approximate surface area is 103 Å².